The zero-order valence-electron chi connectivity index (χ0n) is 22.1. The van der Waals surface area contributed by atoms with Crippen LogP contribution in [0.4, 0.5) is 0 Å². The fourth-order valence-corrected chi connectivity index (χ4v) is 6.53. The quantitative estimate of drug-likeness (QED) is 0.485. The van der Waals surface area contributed by atoms with Crippen molar-refractivity contribution in [1.82, 2.24) is 9.80 Å². The average Bonchev–Trinajstić information content (AvgIpc) is 2.78. The van der Waals surface area contributed by atoms with Gasteiger partial charge in [-0.15, -0.1) is 0 Å². The van der Waals surface area contributed by atoms with Gasteiger partial charge >= 0.3 is 0 Å². The largest absolute Gasteiger partial charge is 0.496 e. The summed E-state index contributed by atoms with van der Waals surface area (Å²) >= 11 is 3.62. The van der Waals surface area contributed by atoms with Crippen LogP contribution in [0, 0.1) is 17.3 Å². The van der Waals surface area contributed by atoms with Crippen molar-refractivity contribution < 1.29 is 14.6 Å². The number of nitrogens with zero attached hydrogens (tertiary/aromatic N) is 2. The highest BCUT2D eigenvalue weighted by molar-refractivity contribution is 9.10. The van der Waals surface area contributed by atoms with Crippen molar-refractivity contribution >= 4 is 21.8 Å². The van der Waals surface area contributed by atoms with E-state index in [1.54, 1.807) is 7.11 Å². The van der Waals surface area contributed by atoms with Crippen molar-refractivity contribution in [3.8, 4) is 5.75 Å². The van der Waals surface area contributed by atoms with Crippen LogP contribution >= 0.6 is 15.9 Å². The van der Waals surface area contributed by atoms with Gasteiger partial charge in [-0.05, 0) is 83.6 Å². The highest BCUT2D eigenvalue weighted by atomic mass is 79.9. The van der Waals surface area contributed by atoms with Crippen molar-refractivity contribution in [1.29, 1.82) is 0 Å². The van der Waals surface area contributed by atoms with Gasteiger partial charge in [-0.2, -0.15) is 0 Å². The fourth-order valence-electron chi connectivity index (χ4n) is 5.98. The molecule has 1 aliphatic heterocycles. The van der Waals surface area contributed by atoms with Crippen LogP contribution in [-0.2, 0) is 4.79 Å². The van der Waals surface area contributed by atoms with E-state index in [0.717, 1.165) is 61.0 Å². The predicted molar refractivity (Wildman–Crippen MR) is 142 cm³/mol. The minimum absolute atomic E-state index is 0.0726. The molecule has 2 fully saturated rings. The monoisotopic (exact) mass is 536 g/mol. The van der Waals surface area contributed by atoms with E-state index in [-0.39, 0.29) is 17.2 Å². The number of likely N-dealkylation sites (N-methyl/N-ethyl adjacent to an activating group) is 1. The van der Waals surface area contributed by atoms with Crippen molar-refractivity contribution in [3.05, 3.63) is 28.2 Å². The van der Waals surface area contributed by atoms with Crippen LogP contribution in [0.15, 0.2) is 22.7 Å². The summed E-state index contributed by atoms with van der Waals surface area (Å²) in [5, 5.41) is 12.5. The molecule has 1 heterocycles. The summed E-state index contributed by atoms with van der Waals surface area (Å²) in [5.74, 6) is 0.897. The maximum atomic E-state index is 14.2. The van der Waals surface area contributed by atoms with Gasteiger partial charge in [-0.3, -0.25) is 4.79 Å². The molecule has 0 spiro atoms. The number of unbranched alkanes of at least 4 members (excludes halogenated alkanes) is 1. The number of aliphatic hydroxyl groups is 1. The first-order valence-corrected chi connectivity index (χ1v) is 13.8. The Morgan fingerprint density at radius 1 is 1.26 bits per heavy atom. The van der Waals surface area contributed by atoms with Gasteiger partial charge in [0.2, 0.25) is 5.91 Å². The summed E-state index contributed by atoms with van der Waals surface area (Å²) in [7, 11) is 3.75. The molecular weight excluding hydrogens is 492 g/mol. The smallest absolute Gasteiger partial charge is 0.233 e. The van der Waals surface area contributed by atoms with Crippen molar-refractivity contribution in [2.75, 3.05) is 40.3 Å². The summed E-state index contributed by atoms with van der Waals surface area (Å²) in [4.78, 5) is 18.4. The molecule has 1 saturated heterocycles. The Hall–Kier alpha value is -1.11. The van der Waals surface area contributed by atoms with Crippen LogP contribution in [0.25, 0.3) is 0 Å². The molecule has 1 aliphatic carbocycles. The molecule has 3 rings (SSSR count). The van der Waals surface area contributed by atoms with E-state index in [1.165, 1.54) is 0 Å². The molecule has 4 unspecified atom stereocenters. The first-order chi connectivity index (χ1) is 16.0. The van der Waals surface area contributed by atoms with Crippen LogP contribution in [-0.4, -0.2) is 66.8 Å². The lowest BCUT2D eigenvalue weighted by molar-refractivity contribution is -0.151. The lowest BCUT2D eigenvalue weighted by Gasteiger charge is -2.51. The van der Waals surface area contributed by atoms with Gasteiger partial charge in [-0.25, -0.2) is 0 Å². The molecule has 1 aromatic carbocycles. The number of rotatable bonds is 7. The number of amides is 1. The molecule has 192 valence electrons. The number of methoxy groups -OCH3 is 1. The van der Waals surface area contributed by atoms with Gasteiger partial charge in [0.1, 0.15) is 5.75 Å². The summed E-state index contributed by atoms with van der Waals surface area (Å²) in [6, 6.07) is 5.88. The lowest BCUT2D eigenvalue weighted by Crippen LogP contribution is -2.56. The van der Waals surface area contributed by atoms with Gasteiger partial charge in [0.15, 0.2) is 0 Å². The number of hydrogen-bond donors (Lipinski definition) is 1. The molecule has 4 atom stereocenters. The zero-order valence-corrected chi connectivity index (χ0v) is 23.7. The summed E-state index contributed by atoms with van der Waals surface area (Å²) in [6.07, 6.45) is 5.72. The van der Waals surface area contributed by atoms with E-state index in [9.17, 15) is 9.90 Å². The minimum atomic E-state index is -1.05. The van der Waals surface area contributed by atoms with Gasteiger partial charge in [0, 0.05) is 26.2 Å². The fraction of sp³-hybridized carbons (Fsp3) is 0.750. The maximum absolute atomic E-state index is 14.2. The molecule has 0 aromatic heterocycles. The number of hydrogen-bond acceptors (Lipinski definition) is 4. The Morgan fingerprint density at radius 2 is 1.94 bits per heavy atom. The van der Waals surface area contributed by atoms with Crippen LogP contribution in [0.2, 0.25) is 0 Å². The highest BCUT2D eigenvalue weighted by Crippen LogP contribution is 2.52. The number of carbonyl (C=O) groups is 1. The molecule has 0 bridgehead atoms. The van der Waals surface area contributed by atoms with Crippen molar-refractivity contribution in [3.63, 3.8) is 0 Å². The standard InChI is InChI=1S/C28H45BrN2O3/c1-7-8-9-22-19-21(27(2,3)4)12-13-28(22,33)25(20-10-11-24(34-6)23(29)18-20)26(32)31-16-14-30(5)15-17-31/h10-11,18,21-22,25,33H,7-9,12-17,19H2,1-6H3. The SMILES string of the molecule is CCCCC1CC(C(C)(C)C)CCC1(O)C(C(=O)N1CCN(C)CC1)c1ccc(OC)c(Br)c1. The molecule has 0 radical (unpaired) electrons. The average molecular weight is 538 g/mol. The topological polar surface area (TPSA) is 53.0 Å². The number of halogens is 1. The molecule has 34 heavy (non-hydrogen) atoms. The van der Waals surface area contributed by atoms with Gasteiger partial charge in [0.05, 0.1) is 23.1 Å². The second kappa shape index (κ2) is 11.3. The van der Waals surface area contributed by atoms with Gasteiger partial charge in [-0.1, -0.05) is 46.6 Å². The molecule has 1 N–H and O–H groups in total. The molecular formula is C28H45BrN2O3. The van der Waals surface area contributed by atoms with E-state index in [0.29, 0.717) is 25.4 Å². The second-order valence-electron chi connectivity index (χ2n) is 11.6. The molecule has 1 aromatic rings. The van der Waals surface area contributed by atoms with Crippen LogP contribution in [0.5, 0.6) is 5.75 Å². The van der Waals surface area contributed by atoms with Crippen LogP contribution < -0.4 is 4.74 Å². The van der Waals surface area contributed by atoms with Crippen molar-refractivity contribution in [2.24, 2.45) is 17.3 Å². The third-order valence-electron chi connectivity index (χ3n) is 8.37. The zero-order chi connectivity index (χ0) is 25.1. The Labute approximate surface area is 215 Å². The molecule has 6 heteroatoms. The third kappa shape index (κ3) is 5.99. The van der Waals surface area contributed by atoms with E-state index in [2.05, 4.69) is 55.6 Å². The molecule has 1 amide bonds. The first kappa shape index (κ1) is 27.5. The third-order valence-corrected chi connectivity index (χ3v) is 8.99. The molecule has 5 nitrogen and oxygen atoms in total. The normalized spacial score (nSPS) is 27.5. The number of benzene rings is 1. The Morgan fingerprint density at radius 3 is 2.50 bits per heavy atom. The van der Waals surface area contributed by atoms with E-state index in [4.69, 9.17) is 4.74 Å². The Kier molecular flexibility index (Phi) is 9.13. The van der Waals surface area contributed by atoms with Gasteiger partial charge < -0.3 is 19.6 Å². The summed E-state index contributed by atoms with van der Waals surface area (Å²) in [5.41, 5.74) is 0.0342. The number of piperazine rings is 1. The summed E-state index contributed by atoms with van der Waals surface area (Å²) in [6.45, 7) is 12.3. The number of carbonyl (C=O) groups excluding carboxylic acids is 1. The van der Waals surface area contributed by atoms with E-state index in [1.807, 2.05) is 23.1 Å². The Bertz CT molecular complexity index is 831. The maximum Gasteiger partial charge on any atom is 0.233 e. The highest BCUT2D eigenvalue weighted by Gasteiger charge is 2.52. The van der Waals surface area contributed by atoms with E-state index >= 15 is 0 Å². The predicted octanol–water partition coefficient (Wildman–Crippen LogP) is 5.70. The number of ether oxygens (including phenoxy) is 1. The minimum Gasteiger partial charge on any atom is -0.496 e. The summed E-state index contributed by atoms with van der Waals surface area (Å²) < 4.78 is 6.27. The second-order valence-corrected chi connectivity index (χ2v) is 12.5. The first-order valence-electron chi connectivity index (χ1n) is 13.0. The van der Waals surface area contributed by atoms with Crippen LogP contribution in [0.1, 0.15) is 77.7 Å². The Balaban J connectivity index is 2.03. The molecule has 2 aliphatic rings. The van der Waals surface area contributed by atoms with Crippen molar-refractivity contribution in [2.45, 2.75) is 77.7 Å². The molecule has 1 saturated carbocycles. The lowest BCUT2D eigenvalue weighted by atomic mass is 9.58. The van der Waals surface area contributed by atoms with Crippen LogP contribution in [0.3, 0.4) is 0 Å². The van der Waals surface area contributed by atoms with Gasteiger partial charge in [0.25, 0.3) is 0 Å². The van der Waals surface area contributed by atoms with E-state index < -0.39 is 11.5 Å².